The number of likely N-dealkylation sites (tertiary alicyclic amines) is 1. The van der Waals surface area contributed by atoms with E-state index in [4.69, 9.17) is 0 Å². The van der Waals surface area contributed by atoms with Gasteiger partial charge < -0.3 is 10.2 Å². The van der Waals surface area contributed by atoms with E-state index in [-0.39, 0.29) is 18.3 Å². The van der Waals surface area contributed by atoms with Crippen LogP contribution in [0.3, 0.4) is 0 Å². The predicted octanol–water partition coefficient (Wildman–Crippen LogP) is 2.86. The highest BCUT2D eigenvalue weighted by Crippen LogP contribution is 2.37. The molecule has 0 bridgehead atoms. The quantitative estimate of drug-likeness (QED) is 0.865. The molecule has 1 N–H and O–H groups in total. The Labute approximate surface area is 133 Å². The molecule has 1 aromatic rings. The average Bonchev–Trinajstić information content (AvgIpc) is 2.99. The van der Waals surface area contributed by atoms with Crippen molar-refractivity contribution in [3.05, 3.63) is 34.4 Å². The standard InChI is InChI=1S/C17H24N2O.ClH/c1-12-8-13(2)15(14(3)9-12)16(20)19-7-5-17(11-19)4-6-18-10-17;/h8-9,18H,4-7,10-11H2,1-3H3;1H. The Kier molecular flexibility index (Phi) is 4.64. The lowest BCUT2D eigenvalue weighted by Gasteiger charge is -2.24. The Balaban J connectivity index is 0.00000161. The van der Waals surface area contributed by atoms with Crippen molar-refractivity contribution in [2.45, 2.75) is 33.6 Å². The summed E-state index contributed by atoms with van der Waals surface area (Å²) in [6.45, 7) is 10.2. The van der Waals surface area contributed by atoms with Crippen molar-refractivity contribution in [1.29, 1.82) is 0 Å². The van der Waals surface area contributed by atoms with E-state index < -0.39 is 0 Å². The van der Waals surface area contributed by atoms with Gasteiger partial charge in [-0.25, -0.2) is 0 Å². The van der Waals surface area contributed by atoms with Gasteiger partial charge in [-0.3, -0.25) is 4.79 Å². The number of aryl methyl sites for hydroxylation is 3. The number of nitrogens with one attached hydrogen (secondary N) is 1. The molecule has 2 saturated heterocycles. The average molecular weight is 309 g/mol. The molecular formula is C17H25ClN2O. The lowest BCUT2D eigenvalue weighted by Crippen LogP contribution is -2.34. The zero-order valence-corrected chi connectivity index (χ0v) is 14.0. The lowest BCUT2D eigenvalue weighted by atomic mass is 9.86. The number of hydrogen-bond donors (Lipinski definition) is 1. The molecule has 0 aliphatic carbocycles. The lowest BCUT2D eigenvalue weighted by molar-refractivity contribution is 0.0774. The molecule has 1 amide bonds. The summed E-state index contributed by atoms with van der Waals surface area (Å²) in [5, 5.41) is 3.45. The van der Waals surface area contributed by atoms with Crippen LogP contribution in [-0.2, 0) is 0 Å². The molecule has 1 spiro atoms. The molecule has 21 heavy (non-hydrogen) atoms. The fourth-order valence-corrected chi connectivity index (χ4v) is 3.93. The number of amides is 1. The first-order valence-corrected chi connectivity index (χ1v) is 7.59. The molecule has 1 atom stereocenters. The minimum Gasteiger partial charge on any atom is -0.338 e. The van der Waals surface area contributed by atoms with E-state index in [9.17, 15) is 4.79 Å². The molecule has 4 heteroatoms. The molecule has 0 saturated carbocycles. The number of carbonyl (C=O) groups excluding carboxylic acids is 1. The van der Waals surface area contributed by atoms with Crippen LogP contribution in [0.15, 0.2) is 12.1 Å². The van der Waals surface area contributed by atoms with Crippen LogP contribution < -0.4 is 5.32 Å². The third-order valence-electron chi connectivity index (χ3n) is 4.95. The van der Waals surface area contributed by atoms with Crippen molar-refractivity contribution < 1.29 is 4.79 Å². The summed E-state index contributed by atoms with van der Waals surface area (Å²) in [6, 6.07) is 4.23. The Hall–Kier alpha value is -1.06. The van der Waals surface area contributed by atoms with Gasteiger partial charge in [0.2, 0.25) is 0 Å². The first-order chi connectivity index (χ1) is 9.51. The summed E-state index contributed by atoms with van der Waals surface area (Å²) < 4.78 is 0. The molecule has 116 valence electrons. The Morgan fingerprint density at radius 3 is 2.43 bits per heavy atom. The predicted molar refractivity (Wildman–Crippen MR) is 88.3 cm³/mol. The highest BCUT2D eigenvalue weighted by atomic mass is 35.5. The van der Waals surface area contributed by atoms with Gasteiger partial charge >= 0.3 is 0 Å². The molecule has 0 radical (unpaired) electrons. The number of hydrogen-bond acceptors (Lipinski definition) is 2. The normalized spacial score (nSPS) is 24.4. The van der Waals surface area contributed by atoms with Gasteiger partial charge in [-0.2, -0.15) is 0 Å². The topological polar surface area (TPSA) is 32.3 Å². The first kappa shape index (κ1) is 16.3. The zero-order chi connectivity index (χ0) is 14.3. The maximum atomic E-state index is 12.8. The highest BCUT2D eigenvalue weighted by Gasteiger charge is 2.42. The van der Waals surface area contributed by atoms with E-state index in [2.05, 4.69) is 43.1 Å². The van der Waals surface area contributed by atoms with Crippen molar-refractivity contribution in [2.75, 3.05) is 26.2 Å². The molecule has 2 aliphatic rings. The molecule has 3 rings (SSSR count). The van der Waals surface area contributed by atoms with E-state index in [1.54, 1.807) is 0 Å². The van der Waals surface area contributed by atoms with Gasteiger partial charge in [0.05, 0.1) is 0 Å². The second kappa shape index (κ2) is 5.98. The fraction of sp³-hybridized carbons (Fsp3) is 0.588. The minimum atomic E-state index is 0. The number of rotatable bonds is 1. The first-order valence-electron chi connectivity index (χ1n) is 7.59. The molecule has 3 nitrogen and oxygen atoms in total. The summed E-state index contributed by atoms with van der Waals surface area (Å²) >= 11 is 0. The van der Waals surface area contributed by atoms with E-state index >= 15 is 0 Å². The van der Waals surface area contributed by atoms with Crippen molar-refractivity contribution in [3.8, 4) is 0 Å². The van der Waals surface area contributed by atoms with E-state index in [0.717, 1.165) is 49.3 Å². The number of nitrogens with zero attached hydrogens (tertiary/aromatic N) is 1. The van der Waals surface area contributed by atoms with Crippen LogP contribution in [0.2, 0.25) is 0 Å². The Morgan fingerprint density at radius 1 is 1.19 bits per heavy atom. The highest BCUT2D eigenvalue weighted by molar-refractivity contribution is 5.97. The third kappa shape index (κ3) is 2.95. The summed E-state index contributed by atoms with van der Waals surface area (Å²) in [5.74, 6) is 0.226. The molecular weight excluding hydrogens is 284 g/mol. The Bertz CT molecular complexity index is 527. The molecule has 2 heterocycles. The SMILES string of the molecule is Cc1cc(C)c(C(=O)N2CCC3(CCNC3)C2)c(C)c1.Cl. The van der Waals surface area contributed by atoms with Crippen LogP contribution >= 0.6 is 12.4 Å². The van der Waals surface area contributed by atoms with Crippen molar-refractivity contribution >= 4 is 18.3 Å². The van der Waals surface area contributed by atoms with Gasteiger partial charge in [0.25, 0.3) is 5.91 Å². The molecule has 2 aliphatic heterocycles. The van der Waals surface area contributed by atoms with Gasteiger partial charge in [0.15, 0.2) is 0 Å². The summed E-state index contributed by atoms with van der Waals surface area (Å²) in [4.78, 5) is 14.9. The largest absolute Gasteiger partial charge is 0.338 e. The Morgan fingerprint density at radius 2 is 1.86 bits per heavy atom. The smallest absolute Gasteiger partial charge is 0.254 e. The number of halogens is 1. The number of carbonyl (C=O) groups is 1. The zero-order valence-electron chi connectivity index (χ0n) is 13.2. The summed E-state index contributed by atoms with van der Waals surface area (Å²) in [5.41, 5.74) is 4.71. The van der Waals surface area contributed by atoms with Gasteiger partial charge in [-0.15, -0.1) is 12.4 Å². The van der Waals surface area contributed by atoms with Gasteiger partial charge in [0.1, 0.15) is 0 Å². The maximum absolute atomic E-state index is 12.8. The van der Waals surface area contributed by atoms with E-state index in [1.165, 1.54) is 12.0 Å². The van der Waals surface area contributed by atoms with Gasteiger partial charge in [-0.05, 0) is 51.3 Å². The van der Waals surface area contributed by atoms with Gasteiger partial charge in [0, 0.05) is 30.6 Å². The van der Waals surface area contributed by atoms with Crippen LogP contribution in [0.4, 0.5) is 0 Å². The third-order valence-corrected chi connectivity index (χ3v) is 4.95. The van der Waals surface area contributed by atoms with E-state index in [1.807, 2.05) is 0 Å². The van der Waals surface area contributed by atoms with Gasteiger partial charge in [-0.1, -0.05) is 17.7 Å². The van der Waals surface area contributed by atoms with Crippen LogP contribution in [-0.4, -0.2) is 37.0 Å². The minimum absolute atomic E-state index is 0. The second-order valence-electron chi connectivity index (χ2n) is 6.68. The van der Waals surface area contributed by atoms with Crippen LogP contribution in [0.1, 0.15) is 39.9 Å². The summed E-state index contributed by atoms with van der Waals surface area (Å²) in [7, 11) is 0. The molecule has 1 aromatic carbocycles. The van der Waals surface area contributed by atoms with E-state index in [0.29, 0.717) is 5.41 Å². The second-order valence-corrected chi connectivity index (χ2v) is 6.68. The number of benzene rings is 1. The molecule has 2 fully saturated rings. The van der Waals surface area contributed by atoms with Crippen molar-refractivity contribution in [1.82, 2.24) is 10.2 Å². The maximum Gasteiger partial charge on any atom is 0.254 e. The van der Waals surface area contributed by atoms with Crippen LogP contribution in [0.5, 0.6) is 0 Å². The molecule has 1 unspecified atom stereocenters. The van der Waals surface area contributed by atoms with Crippen LogP contribution in [0.25, 0.3) is 0 Å². The van der Waals surface area contributed by atoms with Crippen LogP contribution in [0, 0.1) is 26.2 Å². The fourth-order valence-electron chi connectivity index (χ4n) is 3.93. The van der Waals surface area contributed by atoms with Crippen molar-refractivity contribution in [2.24, 2.45) is 5.41 Å². The van der Waals surface area contributed by atoms with Crippen molar-refractivity contribution in [3.63, 3.8) is 0 Å². The summed E-state index contributed by atoms with van der Waals surface area (Å²) in [6.07, 6.45) is 2.36. The molecule has 0 aromatic heterocycles. The monoisotopic (exact) mass is 308 g/mol.